The summed E-state index contributed by atoms with van der Waals surface area (Å²) < 4.78 is 0. The second-order valence-corrected chi connectivity index (χ2v) is 3.43. The quantitative estimate of drug-likeness (QED) is 0.507. The molecule has 2 N–H and O–H groups in total. The standard InChI is InChI=1S/C9H17NO2.Na/c11-9(12)6-3-7-10-8-4-1-2-5-8;/h8,10H,1-7H2,(H,11,12);. The minimum absolute atomic E-state index is 0. The van der Waals surface area contributed by atoms with Crippen LogP contribution in [0.25, 0.3) is 0 Å². The topological polar surface area (TPSA) is 49.3 Å². The van der Waals surface area contributed by atoms with E-state index in [1.807, 2.05) is 0 Å². The van der Waals surface area contributed by atoms with Gasteiger partial charge in [0.2, 0.25) is 0 Å². The van der Waals surface area contributed by atoms with Crippen molar-refractivity contribution in [3.05, 3.63) is 0 Å². The third-order valence-electron chi connectivity index (χ3n) is 2.36. The van der Waals surface area contributed by atoms with Gasteiger partial charge in [-0.1, -0.05) is 12.8 Å². The molecule has 13 heavy (non-hydrogen) atoms. The Bertz CT molecular complexity index is 147. The Morgan fingerprint density at radius 3 is 2.54 bits per heavy atom. The average Bonchev–Trinajstić information content (AvgIpc) is 2.49. The van der Waals surface area contributed by atoms with Crippen molar-refractivity contribution in [3.8, 4) is 0 Å². The van der Waals surface area contributed by atoms with Crippen LogP contribution in [0.5, 0.6) is 0 Å². The number of carboxylic acid groups (broad SMARTS) is 1. The minimum Gasteiger partial charge on any atom is -0.481 e. The second kappa shape index (κ2) is 7.80. The van der Waals surface area contributed by atoms with Crippen molar-refractivity contribution in [2.24, 2.45) is 0 Å². The summed E-state index contributed by atoms with van der Waals surface area (Å²) in [6.45, 7) is 0.858. The summed E-state index contributed by atoms with van der Waals surface area (Å²) in [6, 6.07) is 0.666. The van der Waals surface area contributed by atoms with Crippen molar-refractivity contribution in [2.75, 3.05) is 6.54 Å². The molecule has 0 unspecified atom stereocenters. The van der Waals surface area contributed by atoms with Gasteiger partial charge in [0.15, 0.2) is 0 Å². The number of hydrogen-bond donors (Lipinski definition) is 2. The zero-order chi connectivity index (χ0) is 8.81. The molecule has 0 aromatic carbocycles. The minimum atomic E-state index is -0.691. The van der Waals surface area contributed by atoms with Crippen LogP contribution in [0.15, 0.2) is 0 Å². The predicted molar refractivity (Wildman–Crippen MR) is 52.9 cm³/mol. The molecule has 0 saturated heterocycles. The molecule has 0 amide bonds. The van der Waals surface area contributed by atoms with Gasteiger partial charge in [0.1, 0.15) is 0 Å². The van der Waals surface area contributed by atoms with Crippen molar-refractivity contribution >= 4 is 35.5 Å². The summed E-state index contributed by atoms with van der Waals surface area (Å²) in [6.07, 6.45) is 6.25. The summed E-state index contributed by atoms with van der Waals surface area (Å²) in [5.41, 5.74) is 0. The second-order valence-electron chi connectivity index (χ2n) is 3.43. The molecule has 1 saturated carbocycles. The van der Waals surface area contributed by atoms with Crippen molar-refractivity contribution in [1.29, 1.82) is 0 Å². The van der Waals surface area contributed by atoms with E-state index in [0.29, 0.717) is 12.5 Å². The van der Waals surface area contributed by atoms with Gasteiger partial charge in [0.25, 0.3) is 0 Å². The zero-order valence-corrected chi connectivity index (χ0v) is 10.4. The molecule has 1 rings (SSSR count). The first-order valence-corrected chi connectivity index (χ1v) is 4.74. The van der Waals surface area contributed by atoms with Gasteiger partial charge in [-0.2, -0.15) is 0 Å². The molecule has 0 heterocycles. The van der Waals surface area contributed by atoms with Crippen LogP contribution in [0.1, 0.15) is 38.5 Å². The number of nitrogens with one attached hydrogen (secondary N) is 1. The van der Waals surface area contributed by atoms with Crippen LogP contribution >= 0.6 is 0 Å². The van der Waals surface area contributed by atoms with Gasteiger partial charge in [-0.25, -0.2) is 0 Å². The molecule has 1 fully saturated rings. The van der Waals surface area contributed by atoms with Crippen molar-refractivity contribution in [3.63, 3.8) is 0 Å². The Balaban J connectivity index is 0.00000144. The molecule has 0 spiro atoms. The van der Waals surface area contributed by atoms with Crippen LogP contribution in [0, 0.1) is 0 Å². The molecule has 1 aliphatic rings. The van der Waals surface area contributed by atoms with Gasteiger partial charge in [0.05, 0.1) is 0 Å². The fourth-order valence-corrected chi connectivity index (χ4v) is 1.68. The van der Waals surface area contributed by atoms with Crippen molar-refractivity contribution in [2.45, 2.75) is 44.6 Å². The largest absolute Gasteiger partial charge is 0.481 e. The first-order chi connectivity index (χ1) is 5.79. The van der Waals surface area contributed by atoms with E-state index < -0.39 is 5.97 Å². The maximum Gasteiger partial charge on any atom is 0.303 e. The first kappa shape index (κ1) is 13.4. The van der Waals surface area contributed by atoms with Gasteiger partial charge >= 0.3 is 5.97 Å². The molecule has 4 heteroatoms. The van der Waals surface area contributed by atoms with Crippen LogP contribution in [0.2, 0.25) is 0 Å². The predicted octanol–water partition coefficient (Wildman–Crippen LogP) is 1.00. The summed E-state index contributed by atoms with van der Waals surface area (Å²) >= 11 is 0. The van der Waals surface area contributed by atoms with Gasteiger partial charge in [-0.3, -0.25) is 4.79 Å². The van der Waals surface area contributed by atoms with Crippen LogP contribution in [0.3, 0.4) is 0 Å². The van der Waals surface area contributed by atoms with Crippen LogP contribution < -0.4 is 5.32 Å². The van der Waals surface area contributed by atoms with Gasteiger partial charge < -0.3 is 10.4 Å². The molecule has 0 atom stereocenters. The van der Waals surface area contributed by atoms with E-state index in [1.54, 1.807) is 0 Å². The molecule has 1 radical (unpaired) electrons. The van der Waals surface area contributed by atoms with Crippen molar-refractivity contribution in [1.82, 2.24) is 5.32 Å². The molecule has 0 aliphatic heterocycles. The summed E-state index contributed by atoms with van der Waals surface area (Å²) in [4.78, 5) is 10.2. The summed E-state index contributed by atoms with van der Waals surface area (Å²) in [5, 5.41) is 11.8. The van der Waals surface area contributed by atoms with Gasteiger partial charge in [-0.05, 0) is 25.8 Å². The number of carbonyl (C=O) groups is 1. The number of aliphatic carboxylic acids is 1. The maximum absolute atomic E-state index is 10.2. The molecular weight excluding hydrogens is 177 g/mol. The molecule has 71 valence electrons. The molecule has 1 aliphatic carbocycles. The Morgan fingerprint density at radius 2 is 2.00 bits per heavy atom. The smallest absolute Gasteiger partial charge is 0.303 e. The first-order valence-electron chi connectivity index (χ1n) is 4.74. The van der Waals surface area contributed by atoms with Crippen LogP contribution in [-0.2, 0) is 4.79 Å². The SMILES string of the molecule is O=C(O)CCCNC1CCCC1.[Na]. The third kappa shape index (κ3) is 6.49. The fourth-order valence-electron chi connectivity index (χ4n) is 1.68. The van der Waals surface area contributed by atoms with E-state index in [1.165, 1.54) is 25.7 Å². The molecule has 0 bridgehead atoms. The van der Waals surface area contributed by atoms with Crippen molar-refractivity contribution < 1.29 is 9.90 Å². The van der Waals surface area contributed by atoms with E-state index >= 15 is 0 Å². The molecular formula is C9H17NNaO2. The zero-order valence-electron chi connectivity index (χ0n) is 8.38. The molecule has 0 aromatic rings. The van der Waals surface area contributed by atoms with E-state index in [9.17, 15) is 4.79 Å². The Labute approximate surface area is 102 Å². The van der Waals surface area contributed by atoms with E-state index in [0.717, 1.165) is 13.0 Å². The fraction of sp³-hybridized carbons (Fsp3) is 0.889. The number of hydrogen-bond acceptors (Lipinski definition) is 2. The normalized spacial score (nSPS) is 16.9. The van der Waals surface area contributed by atoms with E-state index in [2.05, 4.69) is 5.32 Å². The summed E-state index contributed by atoms with van der Waals surface area (Å²) in [7, 11) is 0. The Hall–Kier alpha value is 0.430. The molecule has 3 nitrogen and oxygen atoms in total. The number of carboxylic acids is 1. The van der Waals surface area contributed by atoms with E-state index in [4.69, 9.17) is 5.11 Å². The third-order valence-corrected chi connectivity index (χ3v) is 2.36. The average molecular weight is 194 g/mol. The molecule has 0 aromatic heterocycles. The van der Waals surface area contributed by atoms with Gasteiger partial charge in [0, 0.05) is 42.0 Å². The van der Waals surface area contributed by atoms with Gasteiger partial charge in [-0.15, -0.1) is 0 Å². The maximum atomic E-state index is 10.2. The monoisotopic (exact) mass is 194 g/mol. The van der Waals surface area contributed by atoms with Crippen LogP contribution in [0.4, 0.5) is 0 Å². The Kier molecular flexibility index (Phi) is 8.06. The Morgan fingerprint density at radius 1 is 1.38 bits per heavy atom. The van der Waals surface area contributed by atoms with Crippen LogP contribution in [-0.4, -0.2) is 53.2 Å². The van der Waals surface area contributed by atoms with E-state index in [-0.39, 0.29) is 29.6 Å². The summed E-state index contributed by atoms with van der Waals surface area (Å²) in [5.74, 6) is -0.691. The number of rotatable bonds is 5.